The Balaban J connectivity index is 1.82. The van der Waals surface area contributed by atoms with E-state index >= 15 is 0 Å². The molecular weight excluding hydrogens is 270 g/mol. The number of ether oxygens (including phenoxy) is 1. The molecule has 0 heterocycles. The van der Waals surface area contributed by atoms with E-state index in [1.807, 2.05) is 38.1 Å². The number of rotatable bonds is 7. The number of ketones is 1. The van der Waals surface area contributed by atoms with E-state index in [0.29, 0.717) is 18.9 Å². The third-order valence-electron chi connectivity index (χ3n) is 3.57. The molecule has 0 spiro atoms. The molecule has 2 rings (SSSR count). The van der Waals surface area contributed by atoms with Crippen molar-refractivity contribution < 1.29 is 9.53 Å². The normalized spacial score (nSPS) is 22.9. The van der Waals surface area contributed by atoms with Gasteiger partial charge in [-0.3, -0.25) is 4.79 Å². The van der Waals surface area contributed by atoms with Crippen LogP contribution in [-0.4, -0.2) is 23.3 Å². The van der Waals surface area contributed by atoms with E-state index in [2.05, 4.69) is 17.9 Å². The first kappa shape index (κ1) is 15.4. The fourth-order valence-electron chi connectivity index (χ4n) is 2.41. The van der Waals surface area contributed by atoms with E-state index in [1.165, 1.54) is 0 Å². The summed E-state index contributed by atoms with van der Waals surface area (Å²) in [6.07, 6.45) is 3.39. The van der Waals surface area contributed by atoms with Gasteiger partial charge in [-0.25, -0.2) is 0 Å². The monoisotopic (exact) mass is 293 g/mol. The summed E-state index contributed by atoms with van der Waals surface area (Å²) in [5.41, 5.74) is 1.03. The molecule has 0 aromatic heterocycles. The van der Waals surface area contributed by atoms with Crippen molar-refractivity contribution in [3.05, 3.63) is 29.8 Å². The summed E-state index contributed by atoms with van der Waals surface area (Å²) in [5, 5.41) is 3.61. The Morgan fingerprint density at radius 2 is 2.25 bits per heavy atom. The van der Waals surface area contributed by atoms with Gasteiger partial charge in [0.05, 0.1) is 0 Å². The Labute approximate surface area is 126 Å². The summed E-state index contributed by atoms with van der Waals surface area (Å²) in [4.78, 5) is 11.5. The topological polar surface area (TPSA) is 38.3 Å². The van der Waals surface area contributed by atoms with Gasteiger partial charge in [0.25, 0.3) is 0 Å². The molecule has 1 saturated carbocycles. The molecule has 20 heavy (non-hydrogen) atoms. The molecule has 1 aromatic rings. The largest absolute Gasteiger partial charge is 0.490 e. The first-order valence-electron chi connectivity index (χ1n) is 7.28. The number of carbonyl (C=O) groups is 1. The average Bonchev–Trinajstić information content (AvgIpc) is 2.36. The van der Waals surface area contributed by atoms with Gasteiger partial charge in [-0.1, -0.05) is 19.1 Å². The van der Waals surface area contributed by atoms with Crippen molar-refractivity contribution in [1.29, 1.82) is 0 Å². The molecule has 0 radical (unpaired) electrons. The molecule has 1 aliphatic rings. The number of hydrogen-bond acceptors (Lipinski definition) is 4. The van der Waals surface area contributed by atoms with Crippen LogP contribution in [0.5, 0.6) is 5.75 Å². The summed E-state index contributed by atoms with van der Waals surface area (Å²) >= 11 is 4.32. The fourth-order valence-corrected chi connectivity index (χ4v) is 2.62. The third kappa shape index (κ3) is 4.53. The Hall–Kier alpha value is -1.00. The number of benzene rings is 1. The van der Waals surface area contributed by atoms with Crippen LogP contribution in [0.3, 0.4) is 0 Å². The van der Waals surface area contributed by atoms with Crippen molar-refractivity contribution in [3.8, 4) is 5.75 Å². The summed E-state index contributed by atoms with van der Waals surface area (Å²) in [7, 11) is 0. The molecule has 0 saturated heterocycles. The first-order valence-corrected chi connectivity index (χ1v) is 7.80. The smallest absolute Gasteiger partial charge is 0.136 e. The summed E-state index contributed by atoms with van der Waals surface area (Å²) in [6.45, 7) is 3.93. The Bertz CT molecular complexity index is 456. The molecule has 4 heteroatoms. The Kier molecular flexibility index (Phi) is 5.49. The maximum atomic E-state index is 11.5. The van der Waals surface area contributed by atoms with Crippen LogP contribution < -0.4 is 10.1 Å². The van der Waals surface area contributed by atoms with E-state index in [4.69, 9.17) is 4.74 Å². The maximum absolute atomic E-state index is 11.5. The maximum Gasteiger partial charge on any atom is 0.136 e. The molecule has 1 atom stereocenters. The molecule has 0 aliphatic heterocycles. The number of thiol groups is 1. The third-order valence-corrected chi connectivity index (χ3v) is 3.72. The second-order valence-electron chi connectivity index (χ2n) is 5.47. The summed E-state index contributed by atoms with van der Waals surface area (Å²) in [6, 6.07) is 8.39. The van der Waals surface area contributed by atoms with Gasteiger partial charge in [0.1, 0.15) is 17.6 Å². The molecule has 1 N–H and O–H groups in total. The van der Waals surface area contributed by atoms with Gasteiger partial charge in [0, 0.05) is 24.3 Å². The van der Waals surface area contributed by atoms with Crippen molar-refractivity contribution in [2.75, 3.05) is 0 Å². The van der Waals surface area contributed by atoms with Crippen molar-refractivity contribution >= 4 is 18.4 Å². The molecule has 3 nitrogen and oxygen atoms in total. The zero-order valence-electron chi connectivity index (χ0n) is 12.1. The number of hydrogen-bond donors (Lipinski definition) is 2. The zero-order chi connectivity index (χ0) is 14.5. The van der Waals surface area contributed by atoms with Crippen LogP contribution in [0.15, 0.2) is 24.3 Å². The van der Waals surface area contributed by atoms with Crippen molar-refractivity contribution in [1.82, 2.24) is 5.32 Å². The van der Waals surface area contributed by atoms with E-state index in [0.717, 1.165) is 24.2 Å². The molecule has 1 fully saturated rings. The van der Waals surface area contributed by atoms with Gasteiger partial charge in [0.2, 0.25) is 0 Å². The molecule has 1 unspecified atom stereocenters. The molecule has 0 amide bonds. The van der Waals surface area contributed by atoms with Gasteiger partial charge in [-0.15, -0.1) is 0 Å². The highest BCUT2D eigenvalue weighted by molar-refractivity contribution is 7.80. The lowest BCUT2D eigenvalue weighted by molar-refractivity contribution is -0.118. The second kappa shape index (κ2) is 7.14. The van der Waals surface area contributed by atoms with Crippen LogP contribution in [0.25, 0.3) is 0 Å². The van der Waals surface area contributed by atoms with Gasteiger partial charge >= 0.3 is 0 Å². The summed E-state index contributed by atoms with van der Waals surface area (Å²) < 4.78 is 5.94. The molecular formula is C16H23NO2S. The van der Waals surface area contributed by atoms with Crippen LogP contribution in [0.4, 0.5) is 0 Å². The fraction of sp³-hybridized carbons (Fsp3) is 0.562. The lowest BCUT2D eigenvalue weighted by Crippen LogP contribution is -2.48. The predicted molar refractivity (Wildman–Crippen MR) is 84.5 cm³/mol. The minimum absolute atomic E-state index is 0.226. The van der Waals surface area contributed by atoms with Gasteiger partial charge in [-0.2, -0.15) is 12.6 Å². The van der Waals surface area contributed by atoms with Gasteiger partial charge < -0.3 is 10.1 Å². The molecule has 110 valence electrons. The Morgan fingerprint density at radius 1 is 1.50 bits per heavy atom. The predicted octanol–water partition coefficient (Wildman–Crippen LogP) is 2.98. The van der Waals surface area contributed by atoms with Crippen LogP contribution in [0.1, 0.15) is 38.7 Å². The van der Waals surface area contributed by atoms with Crippen LogP contribution in [0.2, 0.25) is 0 Å². The minimum Gasteiger partial charge on any atom is -0.490 e. The van der Waals surface area contributed by atoms with E-state index < -0.39 is 0 Å². The highest BCUT2D eigenvalue weighted by Gasteiger charge is 2.31. The van der Waals surface area contributed by atoms with Gasteiger partial charge in [0.15, 0.2) is 0 Å². The van der Waals surface area contributed by atoms with E-state index in [9.17, 15) is 4.79 Å². The molecule has 1 aromatic carbocycles. The van der Waals surface area contributed by atoms with Gasteiger partial charge in [-0.05, 0) is 37.5 Å². The van der Waals surface area contributed by atoms with Crippen LogP contribution >= 0.6 is 12.6 Å². The molecule has 1 aliphatic carbocycles. The number of nitrogens with one attached hydrogen (secondary N) is 1. The lowest BCUT2D eigenvalue weighted by Gasteiger charge is -2.37. The highest BCUT2D eigenvalue weighted by Crippen LogP contribution is 2.27. The quantitative estimate of drug-likeness (QED) is 0.599. The SMILES string of the molecule is CCC(=O)Cc1cccc(O[C@H]2C[C@H](NC(C)S)C2)c1. The second-order valence-corrected chi connectivity index (χ2v) is 6.24. The number of carbonyl (C=O) groups excluding carboxylic acids is 1. The summed E-state index contributed by atoms with van der Waals surface area (Å²) in [5.74, 6) is 1.13. The van der Waals surface area contributed by atoms with Crippen molar-refractivity contribution in [3.63, 3.8) is 0 Å². The van der Waals surface area contributed by atoms with Crippen molar-refractivity contribution in [2.45, 2.75) is 57.1 Å². The zero-order valence-corrected chi connectivity index (χ0v) is 13.0. The van der Waals surface area contributed by atoms with Crippen LogP contribution in [-0.2, 0) is 11.2 Å². The first-order chi connectivity index (χ1) is 9.56. The average molecular weight is 293 g/mol. The molecule has 0 bridgehead atoms. The number of Topliss-reactive ketones (excluding diaryl/α,β-unsaturated/α-hetero) is 1. The minimum atomic E-state index is 0.226. The Morgan fingerprint density at radius 3 is 2.90 bits per heavy atom. The standard InChI is InChI=1S/C16H23NO2S/c1-3-14(18)7-12-5-4-6-15(8-12)19-16-9-13(10-16)17-11(2)20/h4-6,8,11,13,16-17,20H,3,7,9-10H2,1-2H3/t11?,13-,16-. The van der Waals surface area contributed by atoms with Crippen LogP contribution in [0, 0.1) is 0 Å². The lowest BCUT2D eigenvalue weighted by atomic mass is 9.89. The van der Waals surface area contributed by atoms with Crippen molar-refractivity contribution in [2.24, 2.45) is 0 Å². The highest BCUT2D eigenvalue weighted by atomic mass is 32.1. The van der Waals surface area contributed by atoms with E-state index in [-0.39, 0.29) is 17.3 Å². The van der Waals surface area contributed by atoms with E-state index in [1.54, 1.807) is 0 Å².